The largest absolute Gasteiger partial charge is 0.323 e. The maximum atomic E-state index is 13.1. The number of halogens is 1. The second-order valence-corrected chi connectivity index (χ2v) is 5.41. The van der Waals surface area contributed by atoms with Gasteiger partial charge in [-0.3, -0.25) is 14.6 Å². The standard InChI is InChI=1S/C17H17FN4O2/c1-2-8-22-15-7-6-13(10-14(15)16(23)21-22)20-17(24)19-12-5-3-4-11(18)9-12/h3-7,9-10H,2,8H2,1H3,(H,21,23)(H2,19,20,24). The van der Waals surface area contributed by atoms with Gasteiger partial charge >= 0.3 is 6.03 Å². The minimum absolute atomic E-state index is 0.201. The number of amides is 2. The zero-order valence-corrected chi connectivity index (χ0v) is 13.1. The van der Waals surface area contributed by atoms with Crippen molar-refractivity contribution >= 4 is 28.3 Å². The van der Waals surface area contributed by atoms with Crippen LogP contribution in [0.25, 0.3) is 10.9 Å². The van der Waals surface area contributed by atoms with E-state index in [1.807, 2.05) is 6.92 Å². The topological polar surface area (TPSA) is 78.9 Å². The molecule has 0 aliphatic heterocycles. The Labute approximate surface area is 137 Å². The van der Waals surface area contributed by atoms with Gasteiger partial charge in [-0.2, -0.15) is 0 Å². The maximum absolute atomic E-state index is 13.1. The van der Waals surface area contributed by atoms with Crippen LogP contribution in [0, 0.1) is 5.82 Å². The first-order chi connectivity index (χ1) is 11.6. The first kappa shape index (κ1) is 15.8. The number of rotatable bonds is 4. The molecule has 1 aromatic heterocycles. The number of fused-ring (bicyclic) bond motifs is 1. The van der Waals surface area contributed by atoms with Gasteiger partial charge in [0.25, 0.3) is 5.56 Å². The second-order valence-electron chi connectivity index (χ2n) is 5.41. The molecule has 3 aromatic rings. The van der Waals surface area contributed by atoms with Crippen molar-refractivity contribution < 1.29 is 9.18 Å². The lowest BCUT2D eigenvalue weighted by Crippen LogP contribution is -2.19. The van der Waals surface area contributed by atoms with E-state index < -0.39 is 11.8 Å². The molecular weight excluding hydrogens is 311 g/mol. The summed E-state index contributed by atoms with van der Waals surface area (Å²) in [6, 6.07) is 10.2. The number of carbonyl (C=O) groups is 1. The van der Waals surface area contributed by atoms with E-state index in [-0.39, 0.29) is 5.56 Å². The fraction of sp³-hybridized carbons (Fsp3) is 0.176. The lowest BCUT2D eigenvalue weighted by molar-refractivity contribution is 0.262. The zero-order chi connectivity index (χ0) is 17.1. The van der Waals surface area contributed by atoms with Crippen molar-refractivity contribution in [3.05, 3.63) is 58.6 Å². The number of H-pyrrole nitrogens is 1. The number of nitrogens with zero attached hydrogens (tertiary/aromatic N) is 1. The van der Waals surface area contributed by atoms with E-state index in [2.05, 4.69) is 15.7 Å². The van der Waals surface area contributed by atoms with E-state index in [1.54, 1.807) is 28.9 Å². The quantitative estimate of drug-likeness (QED) is 0.685. The number of nitrogens with one attached hydrogen (secondary N) is 3. The van der Waals surface area contributed by atoms with Crippen LogP contribution < -0.4 is 16.2 Å². The number of urea groups is 1. The van der Waals surface area contributed by atoms with Crippen LogP contribution in [0.2, 0.25) is 0 Å². The molecule has 0 saturated carbocycles. The molecule has 0 aliphatic carbocycles. The zero-order valence-electron chi connectivity index (χ0n) is 13.1. The Morgan fingerprint density at radius 2 is 1.92 bits per heavy atom. The number of aromatic nitrogens is 2. The SMILES string of the molecule is CCCn1[nH]c(=O)c2cc(NC(=O)Nc3cccc(F)c3)ccc21. The molecule has 3 N–H and O–H groups in total. The van der Waals surface area contributed by atoms with Gasteiger partial charge in [0.15, 0.2) is 0 Å². The molecule has 3 rings (SSSR count). The summed E-state index contributed by atoms with van der Waals surface area (Å²) in [7, 11) is 0. The number of aryl methyl sites for hydroxylation is 1. The fourth-order valence-corrected chi connectivity index (χ4v) is 2.53. The van der Waals surface area contributed by atoms with Crippen LogP contribution in [-0.4, -0.2) is 15.8 Å². The summed E-state index contributed by atoms with van der Waals surface area (Å²) in [5.41, 5.74) is 1.42. The fourth-order valence-electron chi connectivity index (χ4n) is 2.53. The van der Waals surface area contributed by atoms with E-state index in [1.165, 1.54) is 18.2 Å². The number of hydrogen-bond acceptors (Lipinski definition) is 2. The van der Waals surface area contributed by atoms with E-state index in [9.17, 15) is 14.0 Å². The Morgan fingerprint density at radius 1 is 1.17 bits per heavy atom. The van der Waals surface area contributed by atoms with Gasteiger partial charge < -0.3 is 10.6 Å². The maximum Gasteiger partial charge on any atom is 0.323 e. The van der Waals surface area contributed by atoms with Gasteiger partial charge in [0, 0.05) is 17.9 Å². The molecule has 0 spiro atoms. The predicted octanol–water partition coefficient (Wildman–Crippen LogP) is 3.52. The highest BCUT2D eigenvalue weighted by atomic mass is 19.1. The summed E-state index contributed by atoms with van der Waals surface area (Å²) in [6.45, 7) is 2.74. The molecule has 24 heavy (non-hydrogen) atoms. The van der Waals surface area contributed by atoms with Crippen molar-refractivity contribution in [3.8, 4) is 0 Å². The Bertz CT molecular complexity index is 945. The van der Waals surface area contributed by atoms with Gasteiger partial charge in [-0.15, -0.1) is 0 Å². The molecule has 0 bridgehead atoms. The summed E-state index contributed by atoms with van der Waals surface area (Å²) >= 11 is 0. The van der Waals surface area contributed by atoms with Gasteiger partial charge in [0.05, 0.1) is 10.9 Å². The number of aromatic amines is 1. The highest BCUT2D eigenvalue weighted by molar-refractivity contribution is 6.00. The van der Waals surface area contributed by atoms with Crippen LogP contribution in [-0.2, 0) is 6.54 Å². The highest BCUT2D eigenvalue weighted by Gasteiger charge is 2.09. The number of benzene rings is 2. The van der Waals surface area contributed by atoms with Crippen molar-refractivity contribution in [3.63, 3.8) is 0 Å². The normalized spacial score (nSPS) is 10.8. The Hall–Kier alpha value is -3.09. The molecule has 2 aromatic carbocycles. The van der Waals surface area contributed by atoms with E-state index in [0.717, 1.165) is 11.9 Å². The Morgan fingerprint density at radius 3 is 2.62 bits per heavy atom. The highest BCUT2D eigenvalue weighted by Crippen LogP contribution is 2.17. The predicted molar refractivity (Wildman–Crippen MR) is 91.9 cm³/mol. The monoisotopic (exact) mass is 328 g/mol. The third-order valence-corrected chi connectivity index (χ3v) is 3.56. The third-order valence-electron chi connectivity index (χ3n) is 3.56. The molecular formula is C17H17FN4O2. The van der Waals surface area contributed by atoms with E-state index in [4.69, 9.17) is 0 Å². The summed E-state index contributed by atoms with van der Waals surface area (Å²) in [4.78, 5) is 24.0. The molecule has 0 unspecified atom stereocenters. The van der Waals surface area contributed by atoms with Crippen molar-refractivity contribution in [1.82, 2.24) is 9.78 Å². The van der Waals surface area contributed by atoms with Crippen molar-refractivity contribution in [2.75, 3.05) is 10.6 Å². The second kappa shape index (κ2) is 6.57. The van der Waals surface area contributed by atoms with Gasteiger partial charge in [-0.1, -0.05) is 13.0 Å². The van der Waals surface area contributed by atoms with Crippen LogP contribution in [0.1, 0.15) is 13.3 Å². The molecule has 1 heterocycles. The third kappa shape index (κ3) is 3.29. The molecule has 0 aliphatic rings. The minimum atomic E-state index is -0.510. The van der Waals surface area contributed by atoms with Gasteiger partial charge in [-0.05, 0) is 42.8 Å². The summed E-state index contributed by atoms with van der Waals surface area (Å²) in [5.74, 6) is -0.432. The average molecular weight is 328 g/mol. The van der Waals surface area contributed by atoms with Gasteiger partial charge in [-0.25, -0.2) is 9.18 Å². The molecule has 0 saturated heterocycles. The van der Waals surface area contributed by atoms with Crippen LogP contribution in [0.4, 0.5) is 20.6 Å². The molecule has 0 fully saturated rings. The average Bonchev–Trinajstić information content (AvgIpc) is 2.83. The molecule has 6 nitrogen and oxygen atoms in total. The van der Waals surface area contributed by atoms with Gasteiger partial charge in [0.2, 0.25) is 0 Å². The Balaban J connectivity index is 1.79. The first-order valence-corrected chi connectivity index (χ1v) is 7.63. The van der Waals surface area contributed by atoms with Crippen molar-refractivity contribution in [2.24, 2.45) is 0 Å². The lowest BCUT2D eigenvalue weighted by Gasteiger charge is -2.08. The van der Waals surface area contributed by atoms with E-state index >= 15 is 0 Å². The molecule has 0 radical (unpaired) electrons. The summed E-state index contributed by atoms with van der Waals surface area (Å²) in [5, 5.41) is 8.45. The smallest absolute Gasteiger partial charge is 0.308 e. The van der Waals surface area contributed by atoms with Crippen LogP contribution >= 0.6 is 0 Å². The lowest BCUT2D eigenvalue weighted by atomic mass is 10.2. The molecule has 7 heteroatoms. The van der Waals surface area contributed by atoms with Crippen LogP contribution in [0.15, 0.2) is 47.3 Å². The number of carbonyl (C=O) groups excluding carboxylic acids is 1. The minimum Gasteiger partial charge on any atom is -0.308 e. The number of anilines is 2. The van der Waals surface area contributed by atoms with Crippen molar-refractivity contribution in [2.45, 2.75) is 19.9 Å². The number of hydrogen-bond donors (Lipinski definition) is 3. The molecule has 0 atom stereocenters. The van der Waals surface area contributed by atoms with E-state index in [0.29, 0.717) is 23.3 Å². The van der Waals surface area contributed by atoms with Gasteiger partial charge in [0.1, 0.15) is 5.82 Å². The first-order valence-electron chi connectivity index (χ1n) is 7.63. The van der Waals surface area contributed by atoms with Crippen LogP contribution in [0.5, 0.6) is 0 Å². The van der Waals surface area contributed by atoms with Crippen molar-refractivity contribution in [1.29, 1.82) is 0 Å². The van der Waals surface area contributed by atoms with Crippen LogP contribution in [0.3, 0.4) is 0 Å². The molecule has 124 valence electrons. The Kier molecular flexibility index (Phi) is 4.33. The summed E-state index contributed by atoms with van der Waals surface area (Å²) < 4.78 is 14.9. The summed E-state index contributed by atoms with van der Waals surface area (Å²) in [6.07, 6.45) is 0.899. The molecule has 2 amide bonds.